The predicted octanol–water partition coefficient (Wildman–Crippen LogP) is 2.80. The van der Waals surface area contributed by atoms with Crippen LogP contribution in [0.3, 0.4) is 0 Å². The first kappa shape index (κ1) is 13.8. The zero-order valence-corrected chi connectivity index (χ0v) is 11.0. The highest BCUT2D eigenvalue weighted by Gasteiger charge is 2.14. The van der Waals surface area contributed by atoms with Gasteiger partial charge in [0.2, 0.25) is 0 Å². The van der Waals surface area contributed by atoms with Gasteiger partial charge in [0, 0.05) is 5.56 Å². The number of hydrogen-bond donors (Lipinski definition) is 1. The number of hydrogen-bond acceptors (Lipinski definition) is 4. The molecule has 0 saturated carbocycles. The predicted molar refractivity (Wildman–Crippen MR) is 73.9 cm³/mol. The molecule has 4 heteroatoms. The SMILES string of the molecule is CCOC(=O)c1ccc(C(=O)c2ccccc2O)cc1. The standard InChI is InChI=1S/C16H14O4/c1-2-20-16(19)12-9-7-11(8-10-12)15(18)13-5-3-4-6-14(13)17/h3-10,17H,2H2,1H3. The van der Waals surface area contributed by atoms with Gasteiger partial charge in [-0.1, -0.05) is 24.3 Å². The molecule has 0 fully saturated rings. The van der Waals surface area contributed by atoms with Gasteiger partial charge in [0.1, 0.15) is 5.75 Å². The number of rotatable bonds is 4. The fourth-order valence-corrected chi connectivity index (χ4v) is 1.79. The van der Waals surface area contributed by atoms with Gasteiger partial charge in [-0.2, -0.15) is 0 Å². The second kappa shape index (κ2) is 6.02. The number of para-hydroxylation sites is 1. The first-order chi connectivity index (χ1) is 9.63. The van der Waals surface area contributed by atoms with Gasteiger partial charge in [-0.25, -0.2) is 4.79 Å². The molecule has 0 unspecified atom stereocenters. The van der Waals surface area contributed by atoms with Crippen molar-refractivity contribution < 1.29 is 19.4 Å². The Balaban J connectivity index is 2.24. The molecule has 2 rings (SSSR count). The van der Waals surface area contributed by atoms with Crippen molar-refractivity contribution in [3.63, 3.8) is 0 Å². The molecule has 0 aliphatic carbocycles. The van der Waals surface area contributed by atoms with Crippen molar-refractivity contribution in [3.05, 3.63) is 65.2 Å². The van der Waals surface area contributed by atoms with Crippen LogP contribution in [0.2, 0.25) is 0 Å². The number of ketones is 1. The van der Waals surface area contributed by atoms with Crippen molar-refractivity contribution in [2.75, 3.05) is 6.61 Å². The summed E-state index contributed by atoms with van der Waals surface area (Å²) < 4.78 is 4.87. The molecule has 0 radical (unpaired) electrons. The third-order valence-electron chi connectivity index (χ3n) is 2.81. The van der Waals surface area contributed by atoms with Crippen molar-refractivity contribution >= 4 is 11.8 Å². The number of benzene rings is 2. The lowest BCUT2D eigenvalue weighted by Crippen LogP contribution is -2.06. The summed E-state index contributed by atoms with van der Waals surface area (Å²) in [6.45, 7) is 2.03. The minimum Gasteiger partial charge on any atom is -0.507 e. The summed E-state index contributed by atoms with van der Waals surface area (Å²) in [7, 11) is 0. The summed E-state index contributed by atoms with van der Waals surface area (Å²) in [5.41, 5.74) is 1.02. The van der Waals surface area contributed by atoms with Gasteiger partial charge in [-0.15, -0.1) is 0 Å². The number of ether oxygens (including phenoxy) is 1. The molecule has 102 valence electrons. The zero-order valence-electron chi connectivity index (χ0n) is 11.0. The van der Waals surface area contributed by atoms with Crippen molar-refractivity contribution in [1.29, 1.82) is 0 Å². The van der Waals surface area contributed by atoms with Crippen LogP contribution < -0.4 is 0 Å². The Bertz CT molecular complexity index is 629. The van der Waals surface area contributed by atoms with Crippen LogP contribution in [0.1, 0.15) is 33.2 Å². The average molecular weight is 270 g/mol. The van der Waals surface area contributed by atoms with Crippen molar-refractivity contribution in [1.82, 2.24) is 0 Å². The fraction of sp³-hybridized carbons (Fsp3) is 0.125. The van der Waals surface area contributed by atoms with E-state index in [-0.39, 0.29) is 17.1 Å². The maximum atomic E-state index is 12.2. The Kier molecular flexibility index (Phi) is 4.15. The Morgan fingerprint density at radius 1 is 1.00 bits per heavy atom. The lowest BCUT2D eigenvalue weighted by atomic mass is 10.0. The van der Waals surface area contributed by atoms with Gasteiger partial charge in [0.05, 0.1) is 17.7 Å². The van der Waals surface area contributed by atoms with Crippen LogP contribution in [-0.4, -0.2) is 23.5 Å². The minimum absolute atomic E-state index is 0.0630. The van der Waals surface area contributed by atoms with E-state index >= 15 is 0 Å². The van der Waals surface area contributed by atoms with E-state index in [1.165, 1.54) is 18.2 Å². The van der Waals surface area contributed by atoms with Crippen molar-refractivity contribution in [3.8, 4) is 5.75 Å². The lowest BCUT2D eigenvalue weighted by Gasteiger charge is -2.05. The number of carbonyl (C=O) groups is 2. The molecule has 0 bridgehead atoms. The summed E-state index contributed by atoms with van der Waals surface area (Å²) in [5.74, 6) is -0.778. The summed E-state index contributed by atoms with van der Waals surface area (Å²) in [4.78, 5) is 23.7. The van der Waals surface area contributed by atoms with Crippen LogP contribution in [0.4, 0.5) is 0 Å². The van der Waals surface area contributed by atoms with E-state index in [1.807, 2.05) is 0 Å². The quantitative estimate of drug-likeness (QED) is 0.685. The van der Waals surface area contributed by atoms with Crippen LogP contribution in [0.25, 0.3) is 0 Å². The van der Waals surface area contributed by atoms with Gasteiger partial charge < -0.3 is 9.84 Å². The first-order valence-corrected chi connectivity index (χ1v) is 6.23. The van der Waals surface area contributed by atoms with Gasteiger partial charge in [0.25, 0.3) is 0 Å². The smallest absolute Gasteiger partial charge is 0.338 e. The molecule has 20 heavy (non-hydrogen) atoms. The number of esters is 1. The van der Waals surface area contributed by atoms with E-state index in [1.54, 1.807) is 37.3 Å². The number of phenols is 1. The molecule has 2 aromatic carbocycles. The molecule has 0 saturated heterocycles. The maximum Gasteiger partial charge on any atom is 0.338 e. The lowest BCUT2D eigenvalue weighted by molar-refractivity contribution is 0.0526. The van der Waals surface area contributed by atoms with Gasteiger partial charge in [-0.05, 0) is 31.2 Å². The summed E-state index contributed by atoms with van der Waals surface area (Å²) in [6.07, 6.45) is 0. The largest absolute Gasteiger partial charge is 0.507 e. The topological polar surface area (TPSA) is 63.6 Å². The monoisotopic (exact) mass is 270 g/mol. The van der Waals surface area contributed by atoms with Gasteiger partial charge in [0.15, 0.2) is 5.78 Å². The molecule has 0 amide bonds. The number of aromatic hydroxyl groups is 1. The molecule has 0 aromatic heterocycles. The fourth-order valence-electron chi connectivity index (χ4n) is 1.79. The van der Waals surface area contributed by atoms with Crippen LogP contribution in [0, 0.1) is 0 Å². The molecule has 0 heterocycles. The molecular weight excluding hydrogens is 256 g/mol. The Morgan fingerprint density at radius 2 is 1.60 bits per heavy atom. The highest BCUT2D eigenvalue weighted by Crippen LogP contribution is 2.20. The highest BCUT2D eigenvalue weighted by molar-refractivity contribution is 6.10. The van der Waals surface area contributed by atoms with Crippen LogP contribution in [0.15, 0.2) is 48.5 Å². The maximum absolute atomic E-state index is 12.2. The number of carbonyl (C=O) groups excluding carboxylic acids is 2. The van der Waals surface area contributed by atoms with E-state index in [2.05, 4.69) is 0 Å². The van der Waals surface area contributed by atoms with E-state index < -0.39 is 5.97 Å². The van der Waals surface area contributed by atoms with Gasteiger partial charge in [-0.3, -0.25) is 4.79 Å². The molecule has 2 aromatic rings. The molecule has 1 N–H and O–H groups in total. The average Bonchev–Trinajstić information content (AvgIpc) is 2.47. The van der Waals surface area contributed by atoms with Crippen LogP contribution in [-0.2, 0) is 4.74 Å². The van der Waals surface area contributed by atoms with Crippen molar-refractivity contribution in [2.24, 2.45) is 0 Å². The number of phenolic OH excluding ortho intramolecular Hbond substituents is 1. The normalized spacial score (nSPS) is 10.1. The summed E-state index contributed by atoms with van der Waals surface area (Å²) in [5, 5.41) is 9.66. The molecular formula is C16H14O4. The van der Waals surface area contributed by atoms with E-state index in [0.717, 1.165) is 0 Å². The minimum atomic E-state index is -0.422. The van der Waals surface area contributed by atoms with Crippen LogP contribution >= 0.6 is 0 Å². The molecule has 0 aliphatic heterocycles. The zero-order chi connectivity index (χ0) is 14.5. The second-order valence-electron chi connectivity index (χ2n) is 4.14. The Morgan fingerprint density at radius 3 is 2.20 bits per heavy atom. The molecule has 0 spiro atoms. The Labute approximate surface area is 116 Å². The third kappa shape index (κ3) is 2.85. The van der Waals surface area contributed by atoms with Crippen LogP contribution in [0.5, 0.6) is 5.75 Å². The highest BCUT2D eigenvalue weighted by atomic mass is 16.5. The van der Waals surface area contributed by atoms with Crippen molar-refractivity contribution in [2.45, 2.75) is 6.92 Å². The molecule has 4 nitrogen and oxygen atoms in total. The molecule has 0 aliphatic rings. The van der Waals surface area contributed by atoms with E-state index in [4.69, 9.17) is 4.74 Å². The second-order valence-corrected chi connectivity index (χ2v) is 4.14. The Hall–Kier alpha value is -2.62. The summed E-state index contributed by atoms with van der Waals surface area (Å²) in [6, 6.07) is 12.5. The van der Waals surface area contributed by atoms with E-state index in [0.29, 0.717) is 17.7 Å². The third-order valence-corrected chi connectivity index (χ3v) is 2.81. The first-order valence-electron chi connectivity index (χ1n) is 6.23. The van der Waals surface area contributed by atoms with Gasteiger partial charge >= 0.3 is 5.97 Å². The summed E-state index contributed by atoms with van der Waals surface area (Å²) >= 11 is 0. The van der Waals surface area contributed by atoms with E-state index in [9.17, 15) is 14.7 Å². The molecule has 0 atom stereocenters.